The standard InChI is InChI=1S/C13H10N4/c1-9-6-10(2)16-13(12(9)8-15)17-5-3-4-11(17)7-14/h3-6H,1-2H3. The Bertz CT molecular complexity index is 653. The summed E-state index contributed by atoms with van der Waals surface area (Å²) in [6.07, 6.45) is 1.74. The molecule has 0 radical (unpaired) electrons. The molecule has 17 heavy (non-hydrogen) atoms. The van der Waals surface area contributed by atoms with Crippen LogP contribution in [0.3, 0.4) is 0 Å². The van der Waals surface area contributed by atoms with Crippen molar-refractivity contribution in [2.75, 3.05) is 0 Å². The lowest BCUT2D eigenvalue weighted by atomic mass is 10.1. The lowest BCUT2D eigenvalue weighted by molar-refractivity contribution is 0.958. The van der Waals surface area contributed by atoms with Crippen LogP contribution in [-0.2, 0) is 0 Å². The number of hydrogen-bond donors (Lipinski definition) is 0. The lowest BCUT2D eigenvalue weighted by Crippen LogP contribution is -2.05. The Labute approximate surface area is 99.4 Å². The summed E-state index contributed by atoms with van der Waals surface area (Å²) in [5.74, 6) is 0.520. The highest BCUT2D eigenvalue weighted by Gasteiger charge is 2.12. The SMILES string of the molecule is Cc1cc(C)c(C#N)c(-n2cccc2C#N)n1. The minimum absolute atomic E-state index is 0.471. The van der Waals surface area contributed by atoms with Gasteiger partial charge in [-0.15, -0.1) is 0 Å². The van der Waals surface area contributed by atoms with Gasteiger partial charge in [-0.3, -0.25) is 4.57 Å². The van der Waals surface area contributed by atoms with Crippen LogP contribution in [0.5, 0.6) is 0 Å². The molecule has 0 spiro atoms. The molecule has 2 aromatic heterocycles. The quantitative estimate of drug-likeness (QED) is 0.743. The summed E-state index contributed by atoms with van der Waals surface area (Å²) >= 11 is 0. The molecule has 0 aliphatic rings. The number of aryl methyl sites for hydroxylation is 2. The molecule has 0 aromatic carbocycles. The molecule has 0 saturated carbocycles. The van der Waals surface area contributed by atoms with Gasteiger partial charge in [0.1, 0.15) is 17.8 Å². The van der Waals surface area contributed by atoms with E-state index in [2.05, 4.69) is 17.1 Å². The van der Waals surface area contributed by atoms with E-state index in [1.165, 1.54) is 0 Å². The number of pyridine rings is 1. The Hall–Kier alpha value is -2.59. The highest BCUT2D eigenvalue weighted by Crippen LogP contribution is 2.18. The maximum Gasteiger partial charge on any atom is 0.156 e. The predicted molar refractivity (Wildman–Crippen MR) is 62.5 cm³/mol. The monoisotopic (exact) mass is 222 g/mol. The van der Waals surface area contributed by atoms with Gasteiger partial charge in [0.2, 0.25) is 0 Å². The second-order valence-electron chi connectivity index (χ2n) is 3.77. The van der Waals surface area contributed by atoms with Gasteiger partial charge in [0, 0.05) is 11.9 Å². The number of nitriles is 2. The Morgan fingerprint density at radius 3 is 2.65 bits per heavy atom. The van der Waals surface area contributed by atoms with Gasteiger partial charge in [0.25, 0.3) is 0 Å². The normalized spacial score (nSPS) is 9.65. The van der Waals surface area contributed by atoms with Crippen molar-refractivity contribution in [1.82, 2.24) is 9.55 Å². The average Bonchev–Trinajstić information content (AvgIpc) is 2.75. The van der Waals surface area contributed by atoms with Crippen LogP contribution in [0, 0.1) is 36.5 Å². The fourth-order valence-electron chi connectivity index (χ4n) is 1.79. The third-order valence-electron chi connectivity index (χ3n) is 2.53. The summed E-state index contributed by atoms with van der Waals surface area (Å²) in [7, 11) is 0. The van der Waals surface area contributed by atoms with Crippen LogP contribution >= 0.6 is 0 Å². The van der Waals surface area contributed by atoms with E-state index in [1.807, 2.05) is 19.9 Å². The van der Waals surface area contributed by atoms with Gasteiger partial charge in [-0.1, -0.05) is 0 Å². The second kappa shape index (κ2) is 4.11. The fraction of sp³-hybridized carbons (Fsp3) is 0.154. The first-order valence-electron chi connectivity index (χ1n) is 5.13. The maximum absolute atomic E-state index is 9.17. The van der Waals surface area contributed by atoms with Gasteiger partial charge in [-0.05, 0) is 37.6 Å². The highest BCUT2D eigenvalue weighted by atomic mass is 15.1. The molecule has 0 amide bonds. The number of nitrogens with zero attached hydrogens (tertiary/aromatic N) is 4. The molecule has 0 atom stereocenters. The zero-order valence-corrected chi connectivity index (χ0v) is 9.60. The topological polar surface area (TPSA) is 65.4 Å². The van der Waals surface area contributed by atoms with E-state index in [0.29, 0.717) is 17.1 Å². The largest absolute Gasteiger partial charge is 0.291 e. The van der Waals surface area contributed by atoms with Crippen LogP contribution in [0.25, 0.3) is 5.82 Å². The lowest BCUT2D eigenvalue weighted by Gasteiger charge is -2.09. The Kier molecular flexibility index (Phi) is 2.64. The minimum atomic E-state index is 0.471. The minimum Gasteiger partial charge on any atom is -0.291 e. The van der Waals surface area contributed by atoms with Crippen LogP contribution in [0.2, 0.25) is 0 Å². The summed E-state index contributed by atoms with van der Waals surface area (Å²) in [6, 6.07) is 9.53. The molecule has 0 N–H and O–H groups in total. The molecule has 4 heteroatoms. The summed E-state index contributed by atoms with van der Waals surface area (Å²) in [5.41, 5.74) is 2.67. The first-order valence-corrected chi connectivity index (χ1v) is 5.13. The molecule has 0 aliphatic heterocycles. The molecule has 2 heterocycles. The molecular formula is C13H10N4. The predicted octanol–water partition coefficient (Wildman–Crippen LogP) is 2.23. The number of rotatable bonds is 1. The summed E-state index contributed by atoms with van der Waals surface area (Å²) in [6.45, 7) is 3.74. The van der Waals surface area contributed by atoms with Crippen molar-refractivity contribution in [3.8, 4) is 18.0 Å². The third-order valence-corrected chi connectivity index (χ3v) is 2.53. The molecule has 0 fully saturated rings. The zero-order chi connectivity index (χ0) is 12.4. The van der Waals surface area contributed by atoms with Crippen molar-refractivity contribution in [2.45, 2.75) is 13.8 Å². The van der Waals surface area contributed by atoms with Crippen molar-refractivity contribution in [1.29, 1.82) is 10.5 Å². The van der Waals surface area contributed by atoms with Crippen molar-refractivity contribution >= 4 is 0 Å². The molecule has 0 aliphatic carbocycles. The van der Waals surface area contributed by atoms with E-state index in [-0.39, 0.29) is 0 Å². The Morgan fingerprint density at radius 2 is 2.00 bits per heavy atom. The summed E-state index contributed by atoms with van der Waals surface area (Å²) in [5, 5.41) is 18.2. The van der Waals surface area contributed by atoms with Gasteiger partial charge in [-0.2, -0.15) is 10.5 Å². The van der Waals surface area contributed by atoms with E-state index < -0.39 is 0 Å². The van der Waals surface area contributed by atoms with Crippen LogP contribution in [0.15, 0.2) is 24.4 Å². The summed E-state index contributed by atoms with van der Waals surface area (Å²) in [4.78, 5) is 4.35. The first kappa shape index (κ1) is 10.9. The number of hydrogen-bond acceptors (Lipinski definition) is 3. The molecule has 2 rings (SSSR count). The molecule has 0 unspecified atom stereocenters. The molecule has 0 bridgehead atoms. The van der Waals surface area contributed by atoms with E-state index in [1.54, 1.807) is 22.9 Å². The maximum atomic E-state index is 9.17. The zero-order valence-electron chi connectivity index (χ0n) is 9.60. The molecule has 82 valence electrons. The van der Waals surface area contributed by atoms with Crippen molar-refractivity contribution in [3.63, 3.8) is 0 Å². The van der Waals surface area contributed by atoms with Gasteiger partial charge in [0.15, 0.2) is 5.82 Å². The van der Waals surface area contributed by atoms with Crippen molar-refractivity contribution in [3.05, 3.63) is 46.9 Å². The van der Waals surface area contributed by atoms with E-state index in [9.17, 15) is 0 Å². The Morgan fingerprint density at radius 1 is 1.24 bits per heavy atom. The first-order chi connectivity index (χ1) is 8.17. The Balaban J connectivity index is 2.77. The molecule has 2 aromatic rings. The van der Waals surface area contributed by atoms with Crippen LogP contribution in [-0.4, -0.2) is 9.55 Å². The third kappa shape index (κ3) is 1.77. The van der Waals surface area contributed by atoms with Crippen molar-refractivity contribution in [2.24, 2.45) is 0 Å². The van der Waals surface area contributed by atoms with Crippen LogP contribution < -0.4 is 0 Å². The van der Waals surface area contributed by atoms with Crippen molar-refractivity contribution < 1.29 is 0 Å². The molecular weight excluding hydrogens is 212 g/mol. The van der Waals surface area contributed by atoms with Crippen LogP contribution in [0.1, 0.15) is 22.5 Å². The van der Waals surface area contributed by atoms with Crippen LogP contribution in [0.4, 0.5) is 0 Å². The highest BCUT2D eigenvalue weighted by molar-refractivity contribution is 5.51. The molecule has 0 saturated heterocycles. The van der Waals surface area contributed by atoms with E-state index in [4.69, 9.17) is 10.5 Å². The molecule has 4 nitrogen and oxygen atoms in total. The summed E-state index contributed by atoms with van der Waals surface area (Å²) < 4.78 is 1.64. The average molecular weight is 222 g/mol. The fourth-order valence-corrected chi connectivity index (χ4v) is 1.79. The van der Waals surface area contributed by atoms with Gasteiger partial charge in [-0.25, -0.2) is 4.98 Å². The van der Waals surface area contributed by atoms with E-state index in [0.717, 1.165) is 11.3 Å². The van der Waals surface area contributed by atoms with Gasteiger partial charge >= 0.3 is 0 Å². The number of aromatic nitrogens is 2. The van der Waals surface area contributed by atoms with Gasteiger partial charge in [0.05, 0.1) is 5.56 Å². The van der Waals surface area contributed by atoms with E-state index >= 15 is 0 Å². The van der Waals surface area contributed by atoms with Gasteiger partial charge < -0.3 is 0 Å². The smallest absolute Gasteiger partial charge is 0.156 e. The second-order valence-corrected chi connectivity index (χ2v) is 3.77.